The highest BCUT2D eigenvalue weighted by molar-refractivity contribution is 14.0. The Hall–Kier alpha value is 1.46. The van der Waals surface area contributed by atoms with Crippen LogP contribution in [-0.2, 0) is 0 Å². The fourth-order valence-electron chi connectivity index (χ4n) is 0. The summed E-state index contributed by atoms with van der Waals surface area (Å²) in [5, 5.41) is 7.00. The molecule has 0 amide bonds. The van der Waals surface area contributed by atoms with Crippen molar-refractivity contribution in [1.82, 2.24) is 0 Å². The molecular weight excluding hydrogens is 179 g/mol. The predicted octanol–water partition coefficient (Wildman–Crippen LogP) is -0.690. The van der Waals surface area contributed by atoms with Gasteiger partial charge in [-0.05, 0) is 0 Å². The Balaban J connectivity index is -0.00000000500. The van der Waals surface area contributed by atoms with Crippen LogP contribution in [0.4, 0.5) is 0 Å². The van der Waals surface area contributed by atoms with E-state index in [2.05, 4.69) is 0 Å². The summed E-state index contributed by atoms with van der Waals surface area (Å²) in [5.41, 5.74) is 0. The third-order valence-corrected chi connectivity index (χ3v) is 0. The number of halogens is 1. The van der Waals surface area contributed by atoms with E-state index in [-0.39, 0.29) is 47.0 Å². The Bertz CT molecular complexity index is 8.00. The van der Waals surface area contributed by atoms with Gasteiger partial charge in [-0.3, -0.25) is 0 Å². The standard InChI is InChI=1S/CH4O.HI.Mg.2H/c1-2;;;;/h2H,1H3;1H;;;. The molecule has 0 aromatic heterocycles. The summed E-state index contributed by atoms with van der Waals surface area (Å²) in [6, 6.07) is 0. The van der Waals surface area contributed by atoms with Crippen LogP contribution in [0.2, 0.25) is 0 Å². The number of hydrogen-bond acceptors (Lipinski definition) is 1. The maximum atomic E-state index is 7.00. The van der Waals surface area contributed by atoms with Crippen molar-refractivity contribution in [1.29, 1.82) is 0 Å². The van der Waals surface area contributed by atoms with E-state index in [0.29, 0.717) is 0 Å². The number of rotatable bonds is 0. The van der Waals surface area contributed by atoms with Crippen molar-refractivity contribution in [2.75, 3.05) is 7.11 Å². The van der Waals surface area contributed by atoms with Crippen LogP contribution in [0.1, 0.15) is 0 Å². The Kier molecular flexibility index (Phi) is 113. The molecule has 0 fully saturated rings. The largest absolute Gasteiger partial charge is 0.400 e. The highest BCUT2D eigenvalue weighted by Gasteiger charge is 0.839. The van der Waals surface area contributed by atoms with Crippen LogP contribution < -0.4 is 0 Å². The van der Waals surface area contributed by atoms with E-state index in [1.807, 2.05) is 0 Å². The maximum Gasteiger partial charge on any atom is 0.316 e. The molecule has 3 heteroatoms. The molecule has 4 heavy (non-hydrogen) atoms. The van der Waals surface area contributed by atoms with E-state index in [1.165, 1.54) is 0 Å². The number of aliphatic hydroxyl groups excluding tert-OH is 1. The molecule has 1 N–H and O–H groups in total. The first-order chi connectivity index (χ1) is 1.00. The van der Waals surface area contributed by atoms with E-state index >= 15 is 0 Å². The fraction of sp³-hybridized carbons (Fsp3) is 1.00. The smallest absolute Gasteiger partial charge is 0.316 e. The average molecular weight is 186 g/mol. The Morgan fingerprint density at radius 2 is 1.25 bits per heavy atom. The lowest BCUT2D eigenvalue weighted by molar-refractivity contribution is 0.399. The van der Waals surface area contributed by atoms with Gasteiger partial charge in [-0.2, -0.15) is 0 Å². The van der Waals surface area contributed by atoms with Gasteiger partial charge in [-0.1, -0.05) is 0 Å². The topological polar surface area (TPSA) is 20.2 Å². The van der Waals surface area contributed by atoms with E-state index in [0.717, 1.165) is 7.11 Å². The van der Waals surface area contributed by atoms with Crippen LogP contribution in [-0.4, -0.2) is 35.3 Å². The summed E-state index contributed by atoms with van der Waals surface area (Å²) in [6.07, 6.45) is 0. The first kappa shape index (κ1) is 18.0. The van der Waals surface area contributed by atoms with E-state index in [1.54, 1.807) is 0 Å². The minimum absolute atomic E-state index is 0. The van der Waals surface area contributed by atoms with Gasteiger partial charge in [-0.15, -0.1) is 24.0 Å². The lowest BCUT2D eigenvalue weighted by atomic mass is 11.8. The third kappa shape index (κ3) is 9.83. The third-order valence-electron chi connectivity index (χ3n) is 0. The zero-order chi connectivity index (χ0) is 2.00. The molecule has 0 aromatic rings. The van der Waals surface area contributed by atoms with E-state index in [4.69, 9.17) is 5.11 Å². The maximum absolute atomic E-state index is 7.00. The molecule has 0 spiro atoms. The molecule has 0 aromatic carbocycles. The Labute approximate surface area is 58.9 Å². The van der Waals surface area contributed by atoms with Crippen LogP contribution in [0.25, 0.3) is 0 Å². The van der Waals surface area contributed by atoms with Gasteiger partial charge in [-0.25, -0.2) is 0 Å². The van der Waals surface area contributed by atoms with Crippen LogP contribution in [0.5, 0.6) is 0 Å². The van der Waals surface area contributed by atoms with Gasteiger partial charge in [0.1, 0.15) is 0 Å². The second kappa shape index (κ2) is 25.1. The number of hydrogen-bond donors (Lipinski definition) is 1. The van der Waals surface area contributed by atoms with Crippen molar-refractivity contribution in [3.8, 4) is 0 Å². The van der Waals surface area contributed by atoms with Gasteiger partial charge in [0, 0.05) is 7.11 Å². The lowest BCUT2D eigenvalue weighted by Crippen LogP contribution is -1.25. The van der Waals surface area contributed by atoms with Crippen molar-refractivity contribution in [3.63, 3.8) is 0 Å². The van der Waals surface area contributed by atoms with Gasteiger partial charge < -0.3 is 5.11 Å². The Morgan fingerprint density at radius 1 is 1.25 bits per heavy atom. The van der Waals surface area contributed by atoms with Gasteiger partial charge in [0.05, 0.1) is 0 Å². The van der Waals surface area contributed by atoms with Gasteiger partial charge >= 0.3 is 23.1 Å². The SMILES string of the molecule is CO.I.[MgH2]. The zero-order valence-electron chi connectivity index (χ0n) is 1.86. The molecule has 0 aliphatic carbocycles. The minimum Gasteiger partial charge on any atom is -0.400 e. The number of aliphatic hydroxyl groups is 1. The normalized spacial score (nSPS) is 1.50. The van der Waals surface area contributed by atoms with Crippen molar-refractivity contribution in [2.24, 2.45) is 0 Å². The van der Waals surface area contributed by atoms with Crippen molar-refractivity contribution >= 4 is 47.0 Å². The van der Waals surface area contributed by atoms with Crippen molar-refractivity contribution in [3.05, 3.63) is 0 Å². The molecular formula is CH7IMgO. The second-order valence-corrected chi connectivity index (χ2v) is 0. The van der Waals surface area contributed by atoms with Crippen LogP contribution in [0.15, 0.2) is 0 Å². The predicted molar refractivity (Wildman–Crippen MR) is 32.1 cm³/mol. The summed E-state index contributed by atoms with van der Waals surface area (Å²) in [4.78, 5) is 0. The molecule has 0 bridgehead atoms. The molecule has 0 atom stereocenters. The molecule has 0 saturated heterocycles. The molecule has 0 aliphatic heterocycles. The first-order valence-corrected chi connectivity index (χ1v) is 0.447. The van der Waals surface area contributed by atoms with Crippen molar-refractivity contribution < 1.29 is 5.11 Å². The molecule has 0 heterocycles. The minimum atomic E-state index is 0. The highest BCUT2D eigenvalue weighted by Crippen LogP contribution is 0.886. The second-order valence-electron chi connectivity index (χ2n) is 0. The van der Waals surface area contributed by atoms with Crippen molar-refractivity contribution in [2.45, 2.75) is 0 Å². The highest BCUT2D eigenvalue weighted by atomic mass is 127. The molecule has 0 radical (unpaired) electrons. The van der Waals surface area contributed by atoms with E-state index < -0.39 is 0 Å². The van der Waals surface area contributed by atoms with Crippen LogP contribution >= 0.6 is 24.0 Å². The molecule has 0 saturated carbocycles. The molecule has 0 aliphatic rings. The summed E-state index contributed by atoms with van der Waals surface area (Å²) in [5.74, 6) is 0. The average Bonchev–Trinajstić information content (AvgIpc) is 1.00. The van der Waals surface area contributed by atoms with Gasteiger partial charge in [0.25, 0.3) is 0 Å². The molecule has 26 valence electrons. The summed E-state index contributed by atoms with van der Waals surface area (Å²) >= 11 is 0. The van der Waals surface area contributed by atoms with Crippen LogP contribution in [0, 0.1) is 0 Å². The monoisotopic (exact) mass is 186 g/mol. The summed E-state index contributed by atoms with van der Waals surface area (Å²) in [7, 11) is 1.00. The van der Waals surface area contributed by atoms with Gasteiger partial charge in [0.2, 0.25) is 0 Å². The lowest BCUT2D eigenvalue weighted by Gasteiger charge is -1.21. The summed E-state index contributed by atoms with van der Waals surface area (Å²) in [6.45, 7) is 0. The first-order valence-electron chi connectivity index (χ1n) is 0.447. The molecule has 1 nitrogen and oxygen atoms in total. The Morgan fingerprint density at radius 3 is 1.25 bits per heavy atom. The molecule has 0 rings (SSSR count). The van der Waals surface area contributed by atoms with E-state index in [9.17, 15) is 0 Å². The van der Waals surface area contributed by atoms with Gasteiger partial charge in [0.15, 0.2) is 0 Å². The van der Waals surface area contributed by atoms with Crippen LogP contribution in [0.3, 0.4) is 0 Å². The quantitative estimate of drug-likeness (QED) is 0.392. The summed E-state index contributed by atoms with van der Waals surface area (Å²) < 4.78 is 0. The zero-order valence-corrected chi connectivity index (χ0v) is 4.19. The molecule has 0 unspecified atom stereocenters. The fourth-order valence-corrected chi connectivity index (χ4v) is 0.